The van der Waals surface area contributed by atoms with Crippen LogP contribution in [-0.4, -0.2) is 19.0 Å². The van der Waals surface area contributed by atoms with Gasteiger partial charge in [-0.2, -0.15) is 0 Å². The monoisotopic (exact) mass is 242 g/mol. The Morgan fingerprint density at radius 1 is 1.11 bits per heavy atom. The number of nitrogens with one attached hydrogen (secondary N) is 1. The van der Waals surface area contributed by atoms with Gasteiger partial charge in [-0.25, -0.2) is 0 Å². The van der Waals surface area contributed by atoms with Crippen LogP contribution in [0.5, 0.6) is 0 Å². The van der Waals surface area contributed by atoms with Gasteiger partial charge in [0.05, 0.1) is 0 Å². The van der Waals surface area contributed by atoms with Crippen molar-refractivity contribution in [1.29, 1.82) is 0 Å². The highest BCUT2D eigenvalue weighted by Gasteiger charge is 2.00. The lowest BCUT2D eigenvalue weighted by molar-refractivity contribution is -0.120. The Bertz CT molecular complexity index is 537. The summed E-state index contributed by atoms with van der Waals surface area (Å²) in [5, 5.41) is 5.34. The largest absolute Gasteiger partial charge is 0.356 e. The summed E-state index contributed by atoms with van der Waals surface area (Å²) in [4.78, 5) is 11.3. The molecule has 0 atom stereocenters. The highest BCUT2D eigenvalue weighted by molar-refractivity contribution is 5.83. The van der Waals surface area contributed by atoms with Crippen LogP contribution in [-0.2, 0) is 11.2 Å². The van der Waals surface area contributed by atoms with Crippen LogP contribution in [0.15, 0.2) is 42.5 Å². The Morgan fingerprint density at radius 2 is 1.89 bits per heavy atom. The van der Waals surface area contributed by atoms with Crippen molar-refractivity contribution >= 4 is 16.7 Å². The van der Waals surface area contributed by atoms with Crippen LogP contribution in [0.4, 0.5) is 0 Å². The van der Waals surface area contributed by atoms with E-state index in [2.05, 4.69) is 35.6 Å². The summed E-state index contributed by atoms with van der Waals surface area (Å²) < 4.78 is 0. The lowest BCUT2D eigenvalue weighted by atomic mass is 10.1. The first-order valence-electron chi connectivity index (χ1n) is 6.24. The second-order valence-electron chi connectivity index (χ2n) is 4.32. The molecule has 2 aromatic rings. The van der Waals surface area contributed by atoms with Crippen LogP contribution in [0.1, 0.15) is 12.0 Å². The maximum atomic E-state index is 11.3. The second-order valence-corrected chi connectivity index (χ2v) is 4.32. The number of hydrogen-bond donors (Lipinski definition) is 2. The smallest absolute Gasteiger partial charge is 0.221 e. The fraction of sp³-hybridized carbons (Fsp3) is 0.267. The van der Waals surface area contributed by atoms with Crippen LogP contribution in [0.3, 0.4) is 0 Å². The number of fused-ring (bicyclic) bond motifs is 1. The molecule has 0 spiro atoms. The van der Waals surface area contributed by atoms with Crippen molar-refractivity contribution < 1.29 is 4.79 Å². The van der Waals surface area contributed by atoms with Gasteiger partial charge in [0.15, 0.2) is 0 Å². The first-order chi connectivity index (χ1) is 8.79. The van der Waals surface area contributed by atoms with E-state index in [1.54, 1.807) is 0 Å². The van der Waals surface area contributed by atoms with E-state index in [9.17, 15) is 4.79 Å². The van der Waals surface area contributed by atoms with Gasteiger partial charge < -0.3 is 11.1 Å². The zero-order valence-corrected chi connectivity index (χ0v) is 10.4. The van der Waals surface area contributed by atoms with Gasteiger partial charge in [0.1, 0.15) is 0 Å². The lowest BCUT2D eigenvalue weighted by Gasteiger charge is -2.05. The molecule has 0 aliphatic rings. The van der Waals surface area contributed by atoms with Crippen molar-refractivity contribution in [2.45, 2.75) is 12.8 Å². The number of amides is 1. The molecular formula is C15H18N2O. The number of nitrogens with two attached hydrogens (primary N) is 1. The third-order valence-corrected chi connectivity index (χ3v) is 2.92. The molecule has 0 fully saturated rings. The molecule has 0 heterocycles. The molecule has 0 aliphatic heterocycles. The molecule has 2 rings (SSSR count). The fourth-order valence-electron chi connectivity index (χ4n) is 1.96. The average Bonchev–Trinajstić information content (AvgIpc) is 2.39. The molecule has 0 aliphatic carbocycles. The topological polar surface area (TPSA) is 55.1 Å². The summed E-state index contributed by atoms with van der Waals surface area (Å²) in [7, 11) is 0. The van der Waals surface area contributed by atoms with Gasteiger partial charge in [-0.15, -0.1) is 0 Å². The van der Waals surface area contributed by atoms with Gasteiger partial charge in [-0.1, -0.05) is 42.5 Å². The van der Waals surface area contributed by atoms with Crippen LogP contribution >= 0.6 is 0 Å². The van der Waals surface area contributed by atoms with Gasteiger partial charge in [0, 0.05) is 19.5 Å². The summed E-state index contributed by atoms with van der Waals surface area (Å²) in [6, 6.07) is 14.7. The number of benzene rings is 2. The maximum absolute atomic E-state index is 11.3. The fourth-order valence-corrected chi connectivity index (χ4v) is 1.96. The van der Waals surface area contributed by atoms with E-state index in [-0.39, 0.29) is 5.91 Å². The zero-order valence-electron chi connectivity index (χ0n) is 10.4. The van der Waals surface area contributed by atoms with E-state index in [4.69, 9.17) is 5.73 Å². The lowest BCUT2D eigenvalue weighted by Crippen LogP contribution is -2.27. The van der Waals surface area contributed by atoms with E-state index < -0.39 is 0 Å². The summed E-state index contributed by atoms with van der Waals surface area (Å²) in [6.07, 6.45) is 1.25. The highest BCUT2D eigenvalue weighted by atomic mass is 16.1. The molecule has 18 heavy (non-hydrogen) atoms. The molecule has 0 saturated carbocycles. The Labute approximate surface area is 107 Å². The third kappa shape index (κ3) is 3.31. The van der Waals surface area contributed by atoms with E-state index in [1.807, 2.05) is 12.1 Å². The molecule has 3 nitrogen and oxygen atoms in total. The SMILES string of the molecule is NCCC(=O)NCCc1ccc2ccccc2c1. The second kappa shape index (κ2) is 6.17. The van der Waals surface area contributed by atoms with Crippen molar-refractivity contribution in [3.63, 3.8) is 0 Å². The summed E-state index contributed by atoms with van der Waals surface area (Å²) >= 11 is 0. The van der Waals surface area contributed by atoms with Gasteiger partial charge in [-0.3, -0.25) is 4.79 Å². The molecule has 2 aromatic carbocycles. The van der Waals surface area contributed by atoms with Gasteiger partial charge in [0.2, 0.25) is 5.91 Å². The first-order valence-corrected chi connectivity index (χ1v) is 6.24. The minimum absolute atomic E-state index is 0.0262. The Kier molecular flexibility index (Phi) is 4.31. The van der Waals surface area contributed by atoms with E-state index in [1.165, 1.54) is 16.3 Å². The zero-order chi connectivity index (χ0) is 12.8. The third-order valence-electron chi connectivity index (χ3n) is 2.92. The number of hydrogen-bond acceptors (Lipinski definition) is 2. The van der Waals surface area contributed by atoms with Crippen molar-refractivity contribution in [1.82, 2.24) is 5.32 Å². The van der Waals surface area contributed by atoms with Crippen molar-refractivity contribution in [3.05, 3.63) is 48.0 Å². The van der Waals surface area contributed by atoms with Gasteiger partial charge >= 0.3 is 0 Å². The van der Waals surface area contributed by atoms with Gasteiger partial charge in [0.25, 0.3) is 0 Å². The van der Waals surface area contributed by atoms with E-state index in [0.717, 1.165) is 6.42 Å². The molecule has 0 radical (unpaired) electrons. The summed E-state index contributed by atoms with van der Waals surface area (Å²) in [5.41, 5.74) is 6.55. The molecule has 3 N–H and O–H groups in total. The average molecular weight is 242 g/mol. The molecular weight excluding hydrogens is 224 g/mol. The maximum Gasteiger partial charge on any atom is 0.221 e. The Balaban J connectivity index is 1.93. The van der Waals surface area contributed by atoms with Crippen LogP contribution < -0.4 is 11.1 Å². The number of rotatable bonds is 5. The standard InChI is InChI=1S/C15H18N2O/c16-9-7-15(18)17-10-8-12-5-6-13-3-1-2-4-14(13)11-12/h1-6,11H,7-10,16H2,(H,17,18). The van der Waals surface area contributed by atoms with Crippen molar-refractivity contribution in [3.8, 4) is 0 Å². The summed E-state index contributed by atoms with van der Waals surface area (Å²) in [5.74, 6) is 0.0262. The quantitative estimate of drug-likeness (QED) is 0.840. The van der Waals surface area contributed by atoms with Crippen LogP contribution in [0.25, 0.3) is 10.8 Å². The Hall–Kier alpha value is -1.87. The van der Waals surface area contributed by atoms with Crippen molar-refractivity contribution in [2.24, 2.45) is 5.73 Å². The predicted octanol–water partition coefficient (Wildman–Crippen LogP) is 1.85. The Morgan fingerprint density at radius 3 is 2.67 bits per heavy atom. The normalized spacial score (nSPS) is 10.5. The van der Waals surface area contributed by atoms with E-state index >= 15 is 0 Å². The molecule has 0 bridgehead atoms. The van der Waals surface area contributed by atoms with Gasteiger partial charge in [-0.05, 0) is 22.8 Å². The number of carbonyl (C=O) groups excluding carboxylic acids is 1. The van der Waals surface area contributed by atoms with Crippen LogP contribution in [0.2, 0.25) is 0 Å². The molecule has 0 unspecified atom stereocenters. The van der Waals surface area contributed by atoms with Crippen LogP contribution in [0, 0.1) is 0 Å². The molecule has 0 saturated heterocycles. The molecule has 3 heteroatoms. The minimum atomic E-state index is 0.0262. The van der Waals surface area contributed by atoms with E-state index in [0.29, 0.717) is 19.5 Å². The van der Waals surface area contributed by atoms with Crippen molar-refractivity contribution in [2.75, 3.05) is 13.1 Å². The molecule has 94 valence electrons. The highest BCUT2D eigenvalue weighted by Crippen LogP contribution is 2.15. The first kappa shape index (κ1) is 12.6. The minimum Gasteiger partial charge on any atom is -0.356 e. The molecule has 0 aromatic heterocycles. The number of carbonyl (C=O) groups is 1. The summed E-state index contributed by atoms with van der Waals surface area (Å²) in [6.45, 7) is 1.07. The predicted molar refractivity (Wildman–Crippen MR) is 74.3 cm³/mol. The molecule has 1 amide bonds.